The second-order valence-electron chi connectivity index (χ2n) is 16.7. The number of H-pyrrole nitrogens is 4. The first-order chi connectivity index (χ1) is 32.1. The van der Waals surface area contributed by atoms with Gasteiger partial charge in [0.2, 0.25) is 23.6 Å². The lowest BCUT2D eigenvalue weighted by molar-refractivity contribution is -0.142. The number of hydrogen-bond donors (Lipinski definition) is 11. The number of nitrogens with two attached hydrogens (primary N) is 2. The minimum Gasteiger partial charge on any atom is -0.480 e. The molecule has 8 aromatic rings. The summed E-state index contributed by atoms with van der Waals surface area (Å²) in [6, 6.07) is 24.1. The van der Waals surface area contributed by atoms with Crippen LogP contribution < -0.4 is 32.7 Å². The highest BCUT2D eigenvalue weighted by atomic mass is 16.4. The van der Waals surface area contributed by atoms with Gasteiger partial charge in [-0.2, -0.15) is 0 Å². The van der Waals surface area contributed by atoms with Crippen LogP contribution in [0.4, 0.5) is 0 Å². The van der Waals surface area contributed by atoms with E-state index in [9.17, 15) is 29.1 Å². The van der Waals surface area contributed by atoms with Gasteiger partial charge in [0.15, 0.2) is 0 Å². The summed E-state index contributed by atoms with van der Waals surface area (Å²) in [5.74, 6) is -3.86. The summed E-state index contributed by atoms with van der Waals surface area (Å²) in [6.07, 6.45) is 8.71. The third kappa shape index (κ3) is 10.3. The standard InChI is InChI=1S/C50H54N10O6/c51-20-10-9-15-37(52)46(61)57-42(21-29-25-53-38-16-5-1-11-33(29)38)47(62)58-43(22-30-26-54-39-17-6-2-12-34(30)39)48(63)59-44(23-31-27-55-40-18-7-3-13-35(31)40)49(64)60-45(50(65)66)24-32-28-56-41-19-8-4-14-36(32)41/h1-8,11-14,16-19,25-28,37,42-45,53-56H,9-10,15,20-24,51-52H2,(H,57,61)(H,58,62)(H,59,63)(H,60,64)(H,65,66)/t37-,42-,43-,44-,45-/m0/s1. The van der Waals surface area contributed by atoms with Crippen molar-refractivity contribution in [2.45, 2.75) is 75.2 Å². The molecule has 0 fully saturated rings. The number of unbranched alkanes of at least 4 members (excludes halogenated alkanes) is 1. The molecule has 0 spiro atoms. The SMILES string of the molecule is NCCCC[C@H](N)C(=O)N[C@@H](Cc1c[nH]c2ccccc12)C(=O)N[C@@H](Cc1c[nH]c2ccccc12)C(=O)N[C@@H](Cc1c[nH]c2ccccc12)C(=O)N[C@@H](Cc1c[nH]c2ccccc12)C(=O)O. The molecule has 66 heavy (non-hydrogen) atoms. The molecule has 0 aliphatic rings. The smallest absolute Gasteiger partial charge is 0.326 e. The Kier molecular flexibility index (Phi) is 13.9. The van der Waals surface area contributed by atoms with E-state index in [1.807, 2.05) is 97.1 Å². The Labute approximate surface area is 379 Å². The molecule has 0 bridgehead atoms. The first-order valence-corrected chi connectivity index (χ1v) is 22.2. The van der Waals surface area contributed by atoms with Crippen LogP contribution >= 0.6 is 0 Å². The highest BCUT2D eigenvalue weighted by Gasteiger charge is 2.34. The van der Waals surface area contributed by atoms with Crippen LogP contribution in [-0.4, -0.2) is 91.4 Å². The Balaban J connectivity index is 1.10. The van der Waals surface area contributed by atoms with Crippen LogP contribution in [0.5, 0.6) is 0 Å². The number of carboxylic acid groups (broad SMARTS) is 1. The number of fused-ring (bicyclic) bond motifs is 4. The second kappa shape index (κ2) is 20.4. The molecule has 0 saturated heterocycles. The average molecular weight is 891 g/mol. The fraction of sp³-hybridized carbons (Fsp3) is 0.260. The van der Waals surface area contributed by atoms with Crippen LogP contribution in [0, 0.1) is 0 Å². The number of benzene rings is 4. The molecule has 0 unspecified atom stereocenters. The summed E-state index contributed by atoms with van der Waals surface area (Å²) < 4.78 is 0. The molecule has 0 saturated carbocycles. The first-order valence-electron chi connectivity index (χ1n) is 22.2. The molecule has 8 rings (SSSR count). The number of nitrogens with one attached hydrogen (secondary N) is 8. The Morgan fingerprint density at radius 3 is 1.09 bits per heavy atom. The quantitative estimate of drug-likeness (QED) is 0.0461. The van der Waals surface area contributed by atoms with Crippen molar-refractivity contribution in [3.63, 3.8) is 0 Å². The minimum atomic E-state index is -1.35. The molecule has 4 heterocycles. The van der Waals surface area contributed by atoms with Gasteiger partial charge < -0.3 is 57.8 Å². The number of hydrogen-bond acceptors (Lipinski definition) is 7. The van der Waals surface area contributed by atoms with Gasteiger partial charge in [-0.25, -0.2) is 4.79 Å². The summed E-state index contributed by atoms with van der Waals surface area (Å²) in [7, 11) is 0. The lowest BCUT2D eigenvalue weighted by Gasteiger charge is -2.26. The average Bonchev–Trinajstić information content (AvgIpc) is 4.14. The zero-order valence-electron chi connectivity index (χ0n) is 36.2. The second-order valence-corrected chi connectivity index (χ2v) is 16.7. The van der Waals surface area contributed by atoms with E-state index in [-0.39, 0.29) is 25.7 Å². The molecule has 0 aliphatic carbocycles. The summed E-state index contributed by atoms with van der Waals surface area (Å²) in [4.78, 5) is 83.3. The van der Waals surface area contributed by atoms with Crippen molar-refractivity contribution < 1.29 is 29.1 Å². The number of amides is 4. The number of carbonyl (C=O) groups excluding carboxylic acids is 4. The number of carboxylic acids is 1. The van der Waals surface area contributed by atoms with E-state index in [2.05, 4.69) is 41.2 Å². The lowest BCUT2D eigenvalue weighted by Crippen LogP contribution is -2.59. The van der Waals surface area contributed by atoms with Gasteiger partial charge in [-0.05, 0) is 65.9 Å². The monoisotopic (exact) mass is 890 g/mol. The molecule has 13 N–H and O–H groups in total. The number of aromatic amines is 4. The maximum absolute atomic E-state index is 14.9. The molecule has 4 amide bonds. The summed E-state index contributed by atoms with van der Waals surface area (Å²) in [6.45, 7) is 0.454. The van der Waals surface area contributed by atoms with E-state index in [4.69, 9.17) is 11.5 Å². The largest absolute Gasteiger partial charge is 0.480 e. The normalized spacial score (nSPS) is 13.8. The van der Waals surface area contributed by atoms with Crippen molar-refractivity contribution in [1.29, 1.82) is 0 Å². The molecule has 0 radical (unpaired) electrons. The lowest BCUT2D eigenvalue weighted by atomic mass is 9.99. The van der Waals surface area contributed by atoms with E-state index in [0.29, 0.717) is 42.5 Å². The highest BCUT2D eigenvalue weighted by molar-refractivity contribution is 5.97. The topological polar surface area (TPSA) is 269 Å². The number of aliphatic carboxylic acids is 1. The van der Waals surface area contributed by atoms with Crippen LogP contribution in [0.15, 0.2) is 122 Å². The highest BCUT2D eigenvalue weighted by Crippen LogP contribution is 2.24. The maximum Gasteiger partial charge on any atom is 0.326 e. The minimum absolute atomic E-state index is 0.00627. The Morgan fingerprint density at radius 2 is 0.758 bits per heavy atom. The third-order valence-electron chi connectivity index (χ3n) is 12.2. The van der Waals surface area contributed by atoms with Gasteiger partial charge in [-0.1, -0.05) is 79.2 Å². The Hall–Kier alpha value is -7.69. The molecule has 340 valence electrons. The van der Waals surface area contributed by atoms with E-state index in [0.717, 1.165) is 49.2 Å². The predicted octanol–water partition coefficient (Wildman–Crippen LogP) is 4.36. The van der Waals surface area contributed by atoms with Crippen LogP contribution in [0.2, 0.25) is 0 Å². The van der Waals surface area contributed by atoms with Crippen LogP contribution in [-0.2, 0) is 49.7 Å². The van der Waals surface area contributed by atoms with Gasteiger partial charge in [0.25, 0.3) is 0 Å². The molecule has 5 atom stereocenters. The van der Waals surface area contributed by atoms with E-state index < -0.39 is 59.8 Å². The predicted molar refractivity (Wildman–Crippen MR) is 254 cm³/mol. The van der Waals surface area contributed by atoms with Gasteiger partial charge >= 0.3 is 5.97 Å². The van der Waals surface area contributed by atoms with Crippen LogP contribution in [0.3, 0.4) is 0 Å². The third-order valence-corrected chi connectivity index (χ3v) is 12.2. The first kappa shape index (κ1) is 44.9. The van der Waals surface area contributed by atoms with Gasteiger partial charge in [-0.3, -0.25) is 19.2 Å². The molecular formula is C50H54N10O6. The Bertz CT molecular complexity index is 3000. The van der Waals surface area contributed by atoms with Gasteiger partial charge in [-0.15, -0.1) is 0 Å². The molecule has 0 aliphatic heterocycles. The molecule has 4 aromatic carbocycles. The molecular weight excluding hydrogens is 837 g/mol. The van der Waals surface area contributed by atoms with E-state index in [1.165, 1.54) is 0 Å². The van der Waals surface area contributed by atoms with Gasteiger partial charge in [0, 0.05) is 94.1 Å². The van der Waals surface area contributed by atoms with E-state index >= 15 is 0 Å². The van der Waals surface area contributed by atoms with Crippen molar-refractivity contribution in [3.8, 4) is 0 Å². The number of carbonyl (C=O) groups is 5. The van der Waals surface area contributed by atoms with Crippen molar-refractivity contribution in [3.05, 3.63) is 144 Å². The van der Waals surface area contributed by atoms with Gasteiger partial charge in [0.1, 0.15) is 24.2 Å². The van der Waals surface area contributed by atoms with Crippen molar-refractivity contribution in [2.75, 3.05) is 6.54 Å². The Morgan fingerprint density at radius 1 is 0.455 bits per heavy atom. The summed E-state index contributed by atoms with van der Waals surface area (Å²) in [5, 5.41) is 25.1. The van der Waals surface area contributed by atoms with Crippen molar-refractivity contribution in [1.82, 2.24) is 41.2 Å². The molecule has 16 nitrogen and oxygen atoms in total. The van der Waals surface area contributed by atoms with Crippen molar-refractivity contribution in [2.24, 2.45) is 11.5 Å². The fourth-order valence-corrected chi connectivity index (χ4v) is 8.64. The zero-order valence-corrected chi connectivity index (χ0v) is 36.2. The summed E-state index contributed by atoms with van der Waals surface area (Å²) >= 11 is 0. The van der Waals surface area contributed by atoms with Crippen LogP contribution in [0.25, 0.3) is 43.6 Å². The molecule has 4 aromatic heterocycles. The van der Waals surface area contributed by atoms with Crippen molar-refractivity contribution >= 4 is 73.2 Å². The number of aromatic nitrogens is 4. The number of rotatable bonds is 21. The number of para-hydroxylation sites is 4. The fourth-order valence-electron chi connectivity index (χ4n) is 8.64. The maximum atomic E-state index is 14.9. The van der Waals surface area contributed by atoms with Crippen LogP contribution in [0.1, 0.15) is 41.5 Å². The van der Waals surface area contributed by atoms with E-state index in [1.54, 1.807) is 24.8 Å². The molecule has 16 heteroatoms. The zero-order chi connectivity index (χ0) is 46.2. The summed E-state index contributed by atoms with van der Waals surface area (Å²) in [5.41, 5.74) is 18.2. The van der Waals surface area contributed by atoms with Gasteiger partial charge in [0.05, 0.1) is 6.04 Å².